The Morgan fingerprint density at radius 1 is 1.19 bits per heavy atom. The maximum absolute atomic E-state index is 13.4. The van der Waals surface area contributed by atoms with Crippen molar-refractivity contribution in [3.05, 3.63) is 93.3 Å². The fraction of sp³-hybridized carbons (Fsp3) is 0.269. The van der Waals surface area contributed by atoms with Gasteiger partial charge in [-0.2, -0.15) is 0 Å². The first kappa shape index (κ1) is 21.6. The maximum Gasteiger partial charge on any atom is 0.255 e. The van der Waals surface area contributed by atoms with Crippen molar-refractivity contribution in [2.75, 3.05) is 7.11 Å². The van der Waals surface area contributed by atoms with Gasteiger partial charge in [0.05, 0.1) is 30.4 Å². The van der Waals surface area contributed by atoms with Crippen LogP contribution in [0.3, 0.4) is 0 Å². The predicted molar refractivity (Wildman–Crippen MR) is 126 cm³/mol. The Morgan fingerprint density at radius 2 is 1.94 bits per heavy atom. The zero-order valence-corrected chi connectivity index (χ0v) is 18.8. The highest BCUT2D eigenvalue weighted by molar-refractivity contribution is 6.09. The summed E-state index contributed by atoms with van der Waals surface area (Å²) in [5.74, 6) is 0.514. The fourth-order valence-corrected chi connectivity index (χ4v) is 4.49. The molecule has 6 heteroatoms. The van der Waals surface area contributed by atoms with Gasteiger partial charge >= 0.3 is 0 Å². The third-order valence-electron chi connectivity index (χ3n) is 6.05. The standard InChI is InChI=1S/C26H27N3O3/c1-16-14-24(32-4)21(26(31)28-16)10-11-23(30)25-18(3)29(22-15-27-13-12-20(22)25)17(2)19-8-6-5-7-9-19/h5-9,12-15,17H,10-11H2,1-4H3,(H,28,31). The molecular weight excluding hydrogens is 402 g/mol. The third-order valence-corrected chi connectivity index (χ3v) is 6.05. The van der Waals surface area contributed by atoms with Crippen molar-refractivity contribution in [3.63, 3.8) is 0 Å². The molecule has 1 aromatic carbocycles. The summed E-state index contributed by atoms with van der Waals surface area (Å²) in [6, 6.07) is 13.9. The van der Waals surface area contributed by atoms with Crippen LogP contribution < -0.4 is 10.3 Å². The molecule has 4 rings (SSSR count). The molecule has 0 spiro atoms. The first-order valence-corrected chi connectivity index (χ1v) is 10.7. The zero-order chi connectivity index (χ0) is 22.8. The number of nitrogens with one attached hydrogen (secondary N) is 1. The van der Waals surface area contributed by atoms with E-state index in [4.69, 9.17) is 4.74 Å². The minimum Gasteiger partial charge on any atom is -0.496 e. The monoisotopic (exact) mass is 429 g/mol. The van der Waals surface area contributed by atoms with Crippen LogP contribution in [0.15, 0.2) is 59.7 Å². The molecule has 3 heterocycles. The van der Waals surface area contributed by atoms with Crippen molar-refractivity contribution >= 4 is 16.7 Å². The van der Waals surface area contributed by atoms with Crippen molar-refractivity contribution in [1.29, 1.82) is 0 Å². The van der Waals surface area contributed by atoms with E-state index in [2.05, 4.69) is 33.6 Å². The molecule has 0 aliphatic rings. The second-order valence-electron chi connectivity index (χ2n) is 8.06. The van der Waals surface area contributed by atoms with Crippen LogP contribution in [-0.2, 0) is 6.42 Å². The Hall–Kier alpha value is -3.67. The van der Waals surface area contributed by atoms with E-state index in [9.17, 15) is 9.59 Å². The lowest BCUT2D eigenvalue weighted by atomic mass is 10.0. The van der Waals surface area contributed by atoms with Crippen LogP contribution in [0, 0.1) is 13.8 Å². The number of benzene rings is 1. The summed E-state index contributed by atoms with van der Waals surface area (Å²) in [6.45, 7) is 5.91. The van der Waals surface area contributed by atoms with Crippen molar-refractivity contribution in [1.82, 2.24) is 14.5 Å². The zero-order valence-electron chi connectivity index (χ0n) is 18.8. The summed E-state index contributed by atoms with van der Waals surface area (Å²) in [5.41, 5.74) is 4.68. The van der Waals surface area contributed by atoms with Gasteiger partial charge < -0.3 is 14.3 Å². The molecule has 4 aromatic rings. The van der Waals surface area contributed by atoms with Gasteiger partial charge in [-0.3, -0.25) is 14.6 Å². The number of pyridine rings is 2. The van der Waals surface area contributed by atoms with Crippen LogP contribution in [-0.4, -0.2) is 27.4 Å². The number of nitrogens with zero attached hydrogens (tertiary/aromatic N) is 2. The second kappa shape index (κ2) is 8.83. The summed E-state index contributed by atoms with van der Waals surface area (Å²) in [5, 5.41) is 0.884. The van der Waals surface area contributed by atoms with Crippen molar-refractivity contribution in [2.45, 2.75) is 39.7 Å². The van der Waals surface area contributed by atoms with E-state index in [1.54, 1.807) is 19.2 Å². The fourth-order valence-electron chi connectivity index (χ4n) is 4.49. The molecule has 164 valence electrons. The van der Waals surface area contributed by atoms with E-state index in [0.717, 1.165) is 27.9 Å². The number of methoxy groups -OCH3 is 1. The van der Waals surface area contributed by atoms with Crippen molar-refractivity contribution in [2.24, 2.45) is 0 Å². The summed E-state index contributed by atoms with van der Waals surface area (Å²) < 4.78 is 7.55. The molecule has 1 unspecified atom stereocenters. The van der Waals surface area contributed by atoms with Crippen LogP contribution in [0.2, 0.25) is 0 Å². The molecule has 6 nitrogen and oxygen atoms in total. The Balaban J connectivity index is 1.72. The SMILES string of the molecule is COc1cc(C)[nH]c(=O)c1CCC(=O)c1c(C)n(C(C)c2ccccc2)c2cnccc12. The third kappa shape index (κ3) is 3.84. The lowest BCUT2D eigenvalue weighted by molar-refractivity contribution is 0.0983. The van der Waals surface area contributed by atoms with E-state index < -0.39 is 0 Å². The van der Waals surface area contributed by atoms with Gasteiger partial charge in [0.25, 0.3) is 5.56 Å². The number of fused-ring (bicyclic) bond motifs is 1. The first-order chi connectivity index (χ1) is 15.4. The highest BCUT2D eigenvalue weighted by Gasteiger charge is 2.23. The van der Waals surface area contributed by atoms with Crippen LogP contribution in [0.4, 0.5) is 0 Å². The van der Waals surface area contributed by atoms with Crippen LogP contribution in [0.1, 0.15) is 52.3 Å². The van der Waals surface area contributed by atoms with E-state index in [1.807, 2.05) is 37.4 Å². The number of hydrogen-bond donors (Lipinski definition) is 1. The maximum atomic E-state index is 13.4. The number of ether oxygens (including phenoxy) is 1. The molecule has 0 aliphatic carbocycles. The van der Waals surface area contributed by atoms with Gasteiger partial charge in [0.2, 0.25) is 0 Å². The minimum absolute atomic E-state index is 0.000241. The average molecular weight is 430 g/mol. The molecule has 0 amide bonds. The number of carbonyl (C=O) groups is 1. The molecule has 1 atom stereocenters. The number of ketones is 1. The Bertz CT molecular complexity index is 1340. The summed E-state index contributed by atoms with van der Waals surface area (Å²) >= 11 is 0. The number of aryl methyl sites for hydroxylation is 1. The molecule has 0 aliphatic heterocycles. The largest absolute Gasteiger partial charge is 0.496 e. The molecule has 0 saturated heterocycles. The summed E-state index contributed by atoms with van der Waals surface area (Å²) in [6.07, 6.45) is 4.05. The lowest BCUT2D eigenvalue weighted by Crippen LogP contribution is -2.17. The molecule has 32 heavy (non-hydrogen) atoms. The van der Waals surface area contributed by atoms with E-state index in [1.165, 1.54) is 7.11 Å². The molecule has 0 radical (unpaired) electrons. The lowest BCUT2D eigenvalue weighted by Gasteiger charge is -2.18. The van der Waals surface area contributed by atoms with Crippen molar-refractivity contribution < 1.29 is 9.53 Å². The molecule has 0 fully saturated rings. The smallest absolute Gasteiger partial charge is 0.255 e. The molecular formula is C26H27N3O3. The van der Waals surface area contributed by atoms with Gasteiger partial charge in [-0.1, -0.05) is 30.3 Å². The number of H-pyrrole nitrogens is 1. The Labute approximate surface area is 186 Å². The van der Waals surface area contributed by atoms with Crippen LogP contribution in [0.5, 0.6) is 5.75 Å². The van der Waals surface area contributed by atoms with Gasteiger partial charge in [0.1, 0.15) is 5.75 Å². The van der Waals surface area contributed by atoms with Gasteiger partial charge in [-0.15, -0.1) is 0 Å². The molecule has 3 aromatic heterocycles. The first-order valence-electron chi connectivity index (χ1n) is 10.7. The Morgan fingerprint density at radius 3 is 2.66 bits per heavy atom. The Kier molecular flexibility index (Phi) is 5.95. The number of Topliss-reactive ketones (excluding diaryl/α,β-unsaturated/α-hetero) is 1. The summed E-state index contributed by atoms with van der Waals surface area (Å²) in [7, 11) is 1.54. The highest BCUT2D eigenvalue weighted by atomic mass is 16.5. The second-order valence-corrected chi connectivity index (χ2v) is 8.06. The van der Waals surface area contributed by atoms with E-state index >= 15 is 0 Å². The number of aromatic nitrogens is 3. The number of rotatable bonds is 7. The highest BCUT2D eigenvalue weighted by Crippen LogP contribution is 2.32. The normalized spacial score (nSPS) is 12.1. The van der Waals surface area contributed by atoms with Crippen LogP contribution >= 0.6 is 0 Å². The number of aromatic amines is 1. The van der Waals surface area contributed by atoms with Gasteiger partial charge in [0.15, 0.2) is 5.78 Å². The molecule has 1 N–H and O–H groups in total. The quantitative estimate of drug-likeness (QED) is 0.429. The minimum atomic E-state index is -0.212. The van der Waals surface area contributed by atoms with Crippen molar-refractivity contribution in [3.8, 4) is 5.75 Å². The van der Waals surface area contributed by atoms with Crippen LogP contribution in [0.25, 0.3) is 10.9 Å². The van der Waals surface area contributed by atoms with Gasteiger partial charge in [-0.25, -0.2) is 0 Å². The average Bonchev–Trinajstić information content (AvgIpc) is 3.09. The number of hydrogen-bond acceptors (Lipinski definition) is 4. The molecule has 0 saturated carbocycles. The number of carbonyl (C=O) groups excluding carboxylic acids is 1. The molecule has 0 bridgehead atoms. The van der Waals surface area contributed by atoms with E-state index in [0.29, 0.717) is 23.3 Å². The van der Waals surface area contributed by atoms with Gasteiger partial charge in [-0.05, 0) is 44.9 Å². The topological polar surface area (TPSA) is 77.0 Å². The van der Waals surface area contributed by atoms with Gasteiger partial charge in [0, 0.05) is 35.0 Å². The summed E-state index contributed by atoms with van der Waals surface area (Å²) in [4.78, 5) is 33.0. The predicted octanol–water partition coefficient (Wildman–Crippen LogP) is 4.77. The van der Waals surface area contributed by atoms with E-state index in [-0.39, 0.29) is 23.8 Å².